The van der Waals surface area contributed by atoms with E-state index in [4.69, 9.17) is 15.3 Å². The van der Waals surface area contributed by atoms with Crippen molar-refractivity contribution < 1.29 is 20.1 Å². The molecule has 0 heterocycles. The SMILES string of the molecule is C[C@H](O)C(=O)[C@H](O)CO. The van der Waals surface area contributed by atoms with Crippen LogP contribution in [0.2, 0.25) is 0 Å². The molecule has 0 aromatic carbocycles. The smallest absolute Gasteiger partial charge is 0.191 e. The van der Waals surface area contributed by atoms with Gasteiger partial charge in [-0.3, -0.25) is 4.79 Å². The van der Waals surface area contributed by atoms with Crippen molar-refractivity contribution in [1.82, 2.24) is 0 Å². The van der Waals surface area contributed by atoms with E-state index in [9.17, 15) is 4.79 Å². The number of carbonyl (C=O) groups is 1. The quantitative estimate of drug-likeness (QED) is 0.429. The maximum atomic E-state index is 10.4. The van der Waals surface area contributed by atoms with E-state index in [0.29, 0.717) is 0 Å². The first-order valence-electron chi connectivity index (χ1n) is 2.60. The third-order valence-corrected chi connectivity index (χ3v) is 0.913. The number of rotatable bonds is 3. The van der Waals surface area contributed by atoms with Crippen LogP contribution >= 0.6 is 0 Å². The predicted molar refractivity (Wildman–Crippen MR) is 29.8 cm³/mol. The first kappa shape index (κ1) is 8.55. The van der Waals surface area contributed by atoms with E-state index >= 15 is 0 Å². The molecule has 0 saturated carbocycles. The number of hydrogen-bond acceptors (Lipinski definition) is 4. The van der Waals surface area contributed by atoms with Crippen LogP contribution < -0.4 is 0 Å². The predicted octanol–water partition coefficient (Wildman–Crippen LogP) is -1.71. The number of ketones is 1. The molecular weight excluding hydrogens is 124 g/mol. The number of carbonyl (C=O) groups excluding carboxylic acids is 1. The average Bonchev–Trinajstić information content (AvgIpc) is 1.84. The van der Waals surface area contributed by atoms with Crippen LogP contribution in [0.1, 0.15) is 6.92 Å². The summed E-state index contributed by atoms with van der Waals surface area (Å²) in [4.78, 5) is 10.4. The summed E-state index contributed by atoms with van der Waals surface area (Å²) in [6, 6.07) is 0. The highest BCUT2D eigenvalue weighted by molar-refractivity contribution is 5.86. The molecule has 0 rings (SSSR count). The second kappa shape index (κ2) is 3.55. The molecule has 4 nitrogen and oxygen atoms in total. The largest absolute Gasteiger partial charge is 0.393 e. The van der Waals surface area contributed by atoms with Gasteiger partial charge < -0.3 is 15.3 Å². The van der Waals surface area contributed by atoms with Gasteiger partial charge in [0, 0.05) is 0 Å². The van der Waals surface area contributed by atoms with Gasteiger partial charge in [0.1, 0.15) is 12.2 Å². The molecule has 0 saturated heterocycles. The minimum Gasteiger partial charge on any atom is -0.393 e. The fraction of sp³-hybridized carbons (Fsp3) is 0.800. The Morgan fingerprint density at radius 1 is 1.56 bits per heavy atom. The van der Waals surface area contributed by atoms with Crippen LogP contribution in [0.4, 0.5) is 0 Å². The van der Waals surface area contributed by atoms with Crippen molar-refractivity contribution in [3.63, 3.8) is 0 Å². The molecule has 0 unspecified atom stereocenters. The van der Waals surface area contributed by atoms with E-state index in [1.165, 1.54) is 6.92 Å². The average molecular weight is 134 g/mol. The van der Waals surface area contributed by atoms with Gasteiger partial charge in [0.25, 0.3) is 0 Å². The molecule has 4 heteroatoms. The van der Waals surface area contributed by atoms with Crippen LogP contribution in [-0.4, -0.2) is 39.9 Å². The molecule has 0 aliphatic carbocycles. The molecule has 0 aliphatic rings. The van der Waals surface area contributed by atoms with Crippen LogP contribution in [0.15, 0.2) is 0 Å². The highest BCUT2D eigenvalue weighted by Crippen LogP contribution is 1.89. The molecule has 54 valence electrons. The van der Waals surface area contributed by atoms with Crippen molar-refractivity contribution in [2.24, 2.45) is 0 Å². The van der Waals surface area contributed by atoms with Crippen molar-refractivity contribution in [3.05, 3.63) is 0 Å². The third kappa shape index (κ3) is 2.55. The van der Waals surface area contributed by atoms with Crippen LogP contribution in [0, 0.1) is 0 Å². The van der Waals surface area contributed by atoms with Crippen LogP contribution in [-0.2, 0) is 4.79 Å². The van der Waals surface area contributed by atoms with E-state index in [1.54, 1.807) is 0 Å². The Labute approximate surface area is 52.7 Å². The highest BCUT2D eigenvalue weighted by atomic mass is 16.3. The van der Waals surface area contributed by atoms with Crippen molar-refractivity contribution in [3.8, 4) is 0 Å². The zero-order valence-corrected chi connectivity index (χ0v) is 5.11. The van der Waals surface area contributed by atoms with Crippen LogP contribution in [0.3, 0.4) is 0 Å². The first-order chi connectivity index (χ1) is 4.09. The third-order valence-electron chi connectivity index (χ3n) is 0.913. The van der Waals surface area contributed by atoms with Gasteiger partial charge in [-0.1, -0.05) is 0 Å². The van der Waals surface area contributed by atoms with Crippen LogP contribution in [0.5, 0.6) is 0 Å². The lowest BCUT2D eigenvalue weighted by Crippen LogP contribution is -2.32. The van der Waals surface area contributed by atoms with Crippen molar-refractivity contribution in [1.29, 1.82) is 0 Å². The van der Waals surface area contributed by atoms with Gasteiger partial charge in [-0.2, -0.15) is 0 Å². The Balaban J connectivity index is 3.73. The van der Waals surface area contributed by atoms with Gasteiger partial charge in [0.05, 0.1) is 6.61 Å². The normalized spacial score (nSPS) is 16.9. The molecule has 0 aromatic rings. The lowest BCUT2D eigenvalue weighted by molar-refractivity contribution is -0.136. The Morgan fingerprint density at radius 2 is 2.00 bits per heavy atom. The topological polar surface area (TPSA) is 77.8 Å². The van der Waals surface area contributed by atoms with Gasteiger partial charge >= 0.3 is 0 Å². The summed E-state index contributed by atoms with van der Waals surface area (Å²) in [7, 11) is 0. The first-order valence-corrected chi connectivity index (χ1v) is 2.60. The summed E-state index contributed by atoms with van der Waals surface area (Å²) in [6.07, 6.45) is -2.64. The van der Waals surface area contributed by atoms with E-state index in [0.717, 1.165) is 0 Å². The summed E-state index contributed by atoms with van der Waals surface area (Å²) in [5.41, 5.74) is 0. The van der Waals surface area contributed by atoms with Crippen molar-refractivity contribution in [2.45, 2.75) is 19.1 Å². The molecule has 0 aliphatic heterocycles. The summed E-state index contributed by atoms with van der Waals surface area (Å²) >= 11 is 0. The Hall–Kier alpha value is -0.450. The lowest BCUT2D eigenvalue weighted by atomic mass is 10.2. The second-order valence-corrected chi connectivity index (χ2v) is 1.78. The van der Waals surface area contributed by atoms with Gasteiger partial charge in [-0.25, -0.2) is 0 Å². The molecule has 0 fully saturated rings. The number of aliphatic hydroxyl groups is 3. The summed E-state index contributed by atoms with van der Waals surface area (Å²) < 4.78 is 0. The van der Waals surface area contributed by atoms with Gasteiger partial charge in [-0.05, 0) is 6.92 Å². The molecule has 0 bridgehead atoms. The standard InChI is InChI=1S/C5H10O4/c1-3(7)5(9)4(8)2-6/h3-4,6-8H,2H2,1H3/t3-,4+/m0/s1. The van der Waals surface area contributed by atoms with Crippen molar-refractivity contribution >= 4 is 5.78 Å². The maximum Gasteiger partial charge on any atom is 0.191 e. The summed E-state index contributed by atoms with van der Waals surface area (Å²) in [5, 5.41) is 25.2. The van der Waals surface area contributed by atoms with Crippen LogP contribution in [0.25, 0.3) is 0 Å². The molecule has 2 atom stereocenters. The maximum absolute atomic E-state index is 10.4. The molecule has 0 amide bonds. The minimum absolute atomic E-state index is 0.635. The Bertz CT molecular complexity index is 99.1. The monoisotopic (exact) mass is 134 g/mol. The van der Waals surface area contributed by atoms with Gasteiger partial charge in [-0.15, -0.1) is 0 Å². The zero-order chi connectivity index (χ0) is 7.44. The second-order valence-electron chi connectivity index (χ2n) is 1.78. The van der Waals surface area contributed by atoms with E-state index in [2.05, 4.69) is 0 Å². The van der Waals surface area contributed by atoms with E-state index < -0.39 is 24.6 Å². The fourth-order valence-electron chi connectivity index (χ4n) is 0.368. The molecular formula is C5H10O4. The van der Waals surface area contributed by atoms with E-state index in [1.807, 2.05) is 0 Å². The zero-order valence-electron chi connectivity index (χ0n) is 5.11. The summed E-state index contributed by atoms with van der Waals surface area (Å²) in [5.74, 6) is -0.752. The molecule has 3 N–H and O–H groups in total. The molecule has 0 radical (unpaired) electrons. The van der Waals surface area contributed by atoms with Gasteiger partial charge in [0.2, 0.25) is 0 Å². The number of aliphatic hydroxyl groups excluding tert-OH is 3. The Morgan fingerprint density at radius 3 is 2.11 bits per heavy atom. The number of Topliss-reactive ketones (excluding diaryl/α,β-unsaturated/α-hetero) is 1. The number of hydrogen-bond donors (Lipinski definition) is 3. The summed E-state index contributed by atoms with van der Waals surface area (Å²) in [6.45, 7) is 0.602. The van der Waals surface area contributed by atoms with E-state index in [-0.39, 0.29) is 0 Å². The van der Waals surface area contributed by atoms with Crippen molar-refractivity contribution in [2.75, 3.05) is 6.61 Å². The molecule has 9 heavy (non-hydrogen) atoms. The Kier molecular flexibility index (Phi) is 3.37. The molecule has 0 spiro atoms. The fourth-order valence-corrected chi connectivity index (χ4v) is 0.368. The molecule has 0 aromatic heterocycles. The minimum atomic E-state index is -1.44. The van der Waals surface area contributed by atoms with Gasteiger partial charge in [0.15, 0.2) is 5.78 Å². The highest BCUT2D eigenvalue weighted by Gasteiger charge is 2.17. The lowest BCUT2D eigenvalue weighted by Gasteiger charge is -2.06.